The van der Waals surface area contributed by atoms with Crippen LogP contribution in [0, 0.1) is 6.92 Å². The second kappa shape index (κ2) is 7.03. The highest BCUT2D eigenvalue weighted by atomic mass is 32.1. The maximum Gasteiger partial charge on any atom is 0.350 e. The van der Waals surface area contributed by atoms with Crippen molar-refractivity contribution in [3.8, 4) is 11.3 Å². The van der Waals surface area contributed by atoms with E-state index in [0.29, 0.717) is 15.4 Å². The SMILES string of the molecule is CCOC(=O)c1sc2nc(-c3ccccc3)cc(C)c2c1NC(C)=O. The lowest BCUT2D eigenvalue weighted by Gasteiger charge is -2.07. The summed E-state index contributed by atoms with van der Waals surface area (Å²) in [5.74, 6) is -0.688. The molecule has 1 amide bonds. The smallest absolute Gasteiger partial charge is 0.350 e. The van der Waals surface area contributed by atoms with Gasteiger partial charge in [0.05, 0.1) is 18.0 Å². The number of nitrogens with zero attached hydrogens (tertiary/aromatic N) is 1. The number of anilines is 1. The number of fused-ring (bicyclic) bond motifs is 1. The number of nitrogens with one attached hydrogen (secondary N) is 1. The van der Waals surface area contributed by atoms with Gasteiger partial charge in [-0.1, -0.05) is 30.3 Å². The summed E-state index contributed by atoms with van der Waals surface area (Å²) in [6, 6.07) is 11.8. The van der Waals surface area contributed by atoms with E-state index < -0.39 is 5.97 Å². The minimum atomic E-state index is -0.449. The number of ether oxygens (including phenoxy) is 1. The number of aromatic nitrogens is 1. The number of amides is 1. The zero-order valence-electron chi connectivity index (χ0n) is 14.3. The van der Waals surface area contributed by atoms with E-state index in [1.165, 1.54) is 18.3 Å². The Hall–Kier alpha value is -2.73. The van der Waals surface area contributed by atoms with Crippen LogP contribution in [0.2, 0.25) is 0 Å². The molecule has 0 unspecified atom stereocenters. The molecule has 3 aromatic rings. The lowest BCUT2D eigenvalue weighted by Crippen LogP contribution is -2.11. The van der Waals surface area contributed by atoms with E-state index in [-0.39, 0.29) is 12.5 Å². The molecule has 0 bridgehead atoms. The van der Waals surface area contributed by atoms with Gasteiger partial charge in [-0.2, -0.15) is 0 Å². The van der Waals surface area contributed by atoms with Crippen LogP contribution >= 0.6 is 11.3 Å². The van der Waals surface area contributed by atoms with Crippen molar-refractivity contribution in [2.24, 2.45) is 0 Å². The maximum absolute atomic E-state index is 12.3. The number of pyridine rings is 1. The van der Waals surface area contributed by atoms with Gasteiger partial charge in [0.2, 0.25) is 5.91 Å². The summed E-state index contributed by atoms with van der Waals surface area (Å²) >= 11 is 1.24. The monoisotopic (exact) mass is 354 g/mol. The molecular weight excluding hydrogens is 336 g/mol. The summed E-state index contributed by atoms with van der Waals surface area (Å²) in [5, 5.41) is 3.55. The van der Waals surface area contributed by atoms with Crippen LogP contribution in [0.3, 0.4) is 0 Å². The van der Waals surface area contributed by atoms with Gasteiger partial charge in [-0.3, -0.25) is 4.79 Å². The molecule has 0 saturated heterocycles. The van der Waals surface area contributed by atoms with Gasteiger partial charge >= 0.3 is 5.97 Å². The Balaban J connectivity index is 2.22. The van der Waals surface area contributed by atoms with Crippen molar-refractivity contribution in [1.82, 2.24) is 4.98 Å². The molecule has 0 atom stereocenters. The quantitative estimate of drug-likeness (QED) is 0.705. The standard InChI is InChI=1S/C19H18N2O3S/c1-4-24-19(23)17-16(20-12(3)22)15-11(2)10-14(21-18(15)25-17)13-8-6-5-7-9-13/h5-10H,4H2,1-3H3,(H,20,22). The number of carbonyl (C=O) groups is 2. The van der Waals surface area contributed by atoms with Crippen molar-refractivity contribution >= 4 is 39.1 Å². The lowest BCUT2D eigenvalue weighted by atomic mass is 10.1. The molecule has 2 aromatic heterocycles. The Morgan fingerprint density at radius 2 is 1.96 bits per heavy atom. The summed E-state index contributed by atoms with van der Waals surface area (Å²) in [6.07, 6.45) is 0. The first-order valence-corrected chi connectivity index (χ1v) is 8.77. The number of aryl methyl sites for hydroxylation is 1. The lowest BCUT2D eigenvalue weighted by molar-refractivity contribution is -0.114. The van der Waals surface area contributed by atoms with Gasteiger partial charge in [0.1, 0.15) is 9.71 Å². The molecule has 0 aliphatic heterocycles. The van der Waals surface area contributed by atoms with Gasteiger partial charge in [0, 0.05) is 17.9 Å². The Kier molecular flexibility index (Phi) is 4.81. The molecule has 1 N–H and O–H groups in total. The zero-order chi connectivity index (χ0) is 18.0. The third-order valence-corrected chi connectivity index (χ3v) is 4.75. The van der Waals surface area contributed by atoms with Crippen LogP contribution in [0.4, 0.5) is 5.69 Å². The highest BCUT2D eigenvalue weighted by Gasteiger charge is 2.23. The second-order valence-electron chi connectivity index (χ2n) is 5.58. The Bertz CT molecular complexity index is 948. The van der Waals surface area contributed by atoms with Gasteiger partial charge in [-0.25, -0.2) is 9.78 Å². The van der Waals surface area contributed by atoms with E-state index in [2.05, 4.69) is 5.32 Å². The minimum Gasteiger partial charge on any atom is -0.462 e. The fraction of sp³-hybridized carbons (Fsp3) is 0.211. The second-order valence-corrected chi connectivity index (χ2v) is 6.58. The average molecular weight is 354 g/mol. The Labute approximate surface area is 149 Å². The van der Waals surface area contributed by atoms with Gasteiger partial charge in [-0.15, -0.1) is 11.3 Å². The van der Waals surface area contributed by atoms with Crippen LogP contribution in [0.5, 0.6) is 0 Å². The van der Waals surface area contributed by atoms with Crippen molar-refractivity contribution in [2.45, 2.75) is 20.8 Å². The van der Waals surface area contributed by atoms with E-state index in [0.717, 1.165) is 22.2 Å². The van der Waals surface area contributed by atoms with Crippen molar-refractivity contribution in [3.63, 3.8) is 0 Å². The molecule has 2 heterocycles. The topological polar surface area (TPSA) is 68.3 Å². The normalized spacial score (nSPS) is 10.7. The van der Waals surface area contributed by atoms with Crippen LogP contribution in [0.25, 0.3) is 21.5 Å². The molecular formula is C19H18N2O3S. The number of rotatable bonds is 4. The van der Waals surface area contributed by atoms with E-state index in [1.54, 1.807) is 6.92 Å². The van der Waals surface area contributed by atoms with E-state index in [4.69, 9.17) is 9.72 Å². The zero-order valence-corrected chi connectivity index (χ0v) is 15.1. The molecule has 25 heavy (non-hydrogen) atoms. The number of thiophene rings is 1. The maximum atomic E-state index is 12.3. The third-order valence-electron chi connectivity index (χ3n) is 3.69. The molecule has 5 nitrogen and oxygen atoms in total. The van der Waals surface area contributed by atoms with Gasteiger partial charge < -0.3 is 10.1 Å². The number of hydrogen-bond donors (Lipinski definition) is 1. The average Bonchev–Trinajstić information content (AvgIpc) is 2.94. The van der Waals surface area contributed by atoms with E-state index >= 15 is 0 Å². The van der Waals surface area contributed by atoms with Crippen LogP contribution in [-0.4, -0.2) is 23.5 Å². The third kappa shape index (κ3) is 3.39. The molecule has 0 aliphatic carbocycles. The first-order valence-electron chi connectivity index (χ1n) is 7.95. The molecule has 0 saturated carbocycles. The fourth-order valence-corrected chi connectivity index (χ4v) is 3.78. The molecule has 6 heteroatoms. The summed E-state index contributed by atoms with van der Waals surface area (Å²) < 4.78 is 5.13. The van der Waals surface area contributed by atoms with Crippen LogP contribution in [0.15, 0.2) is 36.4 Å². The van der Waals surface area contributed by atoms with E-state index in [9.17, 15) is 9.59 Å². The van der Waals surface area contributed by atoms with Gasteiger partial charge in [-0.05, 0) is 25.5 Å². The van der Waals surface area contributed by atoms with Crippen molar-refractivity contribution in [1.29, 1.82) is 0 Å². The molecule has 0 radical (unpaired) electrons. The number of hydrogen-bond acceptors (Lipinski definition) is 5. The first kappa shape index (κ1) is 17.1. The van der Waals surface area contributed by atoms with Crippen LogP contribution < -0.4 is 5.32 Å². The van der Waals surface area contributed by atoms with Gasteiger partial charge in [0.25, 0.3) is 0 Å². The highest BCUT2D eigenvalue weighted by molar-refractivity contribution is 7.21. The Morgan fingerprint density at radius 1 is 1.24 bits per heavy atom. The summed E-state index contributed by atoms with van der Waals surface area (Å²) in [7, 11) is 0. The molecule has 0 fully saturated rings. The van der Waals surface area contributed by atoms with Crippen molar-refractivity contribution < 1.29 is 14.3 Å². The summed E-state index contributed by atoms with van der Waals surface area (Å²) in [4.78, 5) is 29.7. The molecule has 128 valence electrons. The van der Waals surface area contributed by atoms with Crippen LogP contribution in [0.1, 0.15) is 29.1 Å². The molecule has 0 aliphatic rings. The predicted molar refractivity (Wildman–Crippen MR) is 100 cm³/mol. The number of carbonyl (C=O) groups excluding carboxylic acids is 2. The van der Waals surface area contributed by atoms with Crippen molar-refractivity contribution in [2.75, 3.05) is 11.9 Å². The minimum absolute atomic E-state index is 0.239. The predicted octanol–water partition coefficient (Wildman–Crippen LogP) is 4.41. The molecule has 1 aromatic carbocycles. The van der Waals surface area contributed by atoms with Crippen LogP contribution in [-0.2, 0) is 9.53 Å². The summed E-state index contributed by atoms with van der Waals surface area (Å²) in [6.45, 7) is 5.39. The number of benzene rings is 1. The van der Waals surface area contributed by atoms with Crippen molar-refractivity contribution in [3.05, 3.63) is 46.8 Å². The highest BCUT2D eigenvalue weighted by Crippen LogP contribution is 2.39. The molecule has 3 rings (SSSR count). The number of esters is 1. The summed E-state index contributed by atoms with van der Waals surface area (Å²) in [5.41, 5.74) is 3.26. The van der Waals surface area contributed by atoms with Gasteiger partial charge in [0.15, 0.2) is 0 Å². The largest absolute Gasteiger partial charge is 0.462 e. The first-order chi connectivity index (χ1) is 12.0. The molecule has 0 spiro atoms. The van der Waals surface area contributed by atoms with E-state index in [1.807, 2.05) is 43.3 Å². The fourth-order valence-electron chi connectivity index (χ4n) is 2.68. The Morgan fingerprint density at radius 3 is 2.60 bits per heavy atom.